The molecule has 178 valence electrons. The van der Waals surface area contributed by atoms with E-state index in [-0.39, 0.29) is 0 Å². The third-order valence-corrected chi connectivity index (χ3v) is 4.90. The molecule has 5 rings (SSSR count). The smallest absolute Gasteiger partial charge is 0.218 e. The number of aryl methyl sites for hydroxylation is 2. The van der Waals surface area contributed by atoms with E-state index in [9.17, 15) is 0 Å². The van der Waals surface area contributed by atoms with E-state index in [0.29, 0.717) is 23.3 Å². The summed E-state index contributed by atoms with van der Waals surface area (Å²) in [6.45, 7) is 10.0. The van der Waals surface area contributed by atoms with Crippen molar-refractivity contribution in [2.45, 2.75) is 34.6 Å². The molecule has 2 N–H and O–H groups in total. The van der Waals surface area contributed by atoms with Crippen LogP contribution in [0.3, 0.4) is 0 Å². The van der Waals surface area contributed by atoms with Gasteiger partial charge in [-0.25, -0.2) is 19.5 Å². The first-order valence-corrected chi connectivity index (χ1v) is 11.3. The second-order valence-electron chi connectivity index (χ2n) is 6.79. The summed E-state index contributed by atoms with van der Waals surface area (Å²) in [7, 11) is 3.50. The number of nitrogens with zero attached hydrogens (tertiary/aromatic N) is 7. The zero-order valence-electron chi connectivity index (χ0n) is 20.7. The lowest BCUT2D eigenvalue weighted by Gasteiger charge is -2.11. The van der Waals surface area contributed by atoms with Crippen molar-refractivity contribution in [1.82, 2.24) is 39.3 Å². The zero-order chi connectivity index (χ0) is 24.7. The fourth-order valence-electron chi connectivity index (χ4n) is 3.38. The van der Waals surface area contributed by atoms with Gasteiger partial charge in [-0.15, -0.1) is 5.10 Å². The Kier molecular flexibility index (Phi) is 7.96. The number of pyridine rings is 1. The van der Waals surface area contributed by atoms with Gasteiger partial charge in [-0.3, -0.25) is 5.10 Å². The highest BCUT2D eigenvalue weighted by atomic mass is 16.5. The molecule has 0 unspecified atom stereocenters. The number of imidazole rings is 1. The van der Waals surface area contributed by atoms with Crippen LogP contribution in [-0.2, 0) is 7.05 Å². The lowest BCUT2D eigenvalue weighted by Crippen LogP contribution is -2.06. The van der Waals surface area contributed by atoms with Gasteiger partial charge in [0.05, 0.1) is 24.7 Å². The third-order valence-electron chi connectivity index (χ3n) is 4.90. The number of aromatic nitrogens is 8. The summed E-state index contributed by atoms with van der Waals surface area (Å²) >= 11 is 0. The van der Waals surface area contributed by atoms with Crippen LogP contribution in [-0.4, -0.2) is 46.4 Å². The number of H-pyrrole nitrogens is 1. The number of anilines is 2. The molecule has 0 radical (unpaired) electrons. The molecule has 0 aliphatic heterocycles. The number of methoxy groups -OCH3 is 1. The van der Waals surface area contributed by atoms with Crippen LogP contribution in [0, 0.1) is 6.92 Å². The van der Waals surface area contributed by atoms with Crippen LogP contribution in [0.4, 0.5) is 11.5 Å². The van der Waals surface area contributed by atoms with E-state index < -0.39 is 0 Å². The van der Waals surface area contributed by atoms with E-state index >= 15 is 0 Å². The van der Waals surface area contributed by atoms with Crippen molar-refractivity contribution in [3.8, 4) is 28.8 Å². The highest BCUT2D eigenvalue weighted by molar-refractivity contribution is 5.84. The number of aromatic amines is 1. The quantitative estimate of drug-likeness (QED) is 0.378. The standard InChI is InChI=1S/C20H19N9O.2C2H6/c1-12-14(15-6-7-23-26-15)11-29-17(12)18(24-13-4-5-16(30-3)22-10-13)25-19(27-29)20-21-8-9-28(20)2;2*1-2/h4-11H,1-3H3,(H,23,26)(H,24,25,27);2*1-2H3. The maximum atomic E-state index is 5.15. The summed E-state index contributed by atoms with van der Waals surface area (Å²) in [6.07, 6.45) is 8.97. The van der Waals surface area contributed by atoms with Gasteiger partial charge < -0.3 is 14.6 Å². The summed E-state index contributed by atoms with van der Waals surface area (Å²) in [5.41, 5.74) is 4.57. The van der Waals surface area contributed by atoms with Crippen molar-refractivity contribution in [2.75, 3.05) is 12.4 Å². The Morgan fingerprint density at radius 1 is 1.03 bits per heavy atom. The predicted molar refractivity (Wildman–Crippen MR) is 134 cm³/mol. The van der Waals surface area contributed by atoms with Crippen LogP contribution in [0.2, 0.25) is 0 Å². The lowest BCUT2D eigenvalue weighted by atomic mass is 10.1. The van der Waals surface area contributed by atoms with Gasteiger partial charge in [-0.2, -0.15) is 5.10 Å². The van der Waals surface area contributed by atoms with Crippen LogP contribution in [0.5, 0.6) is 5.88 Å². The van der Waals surface area contributed by atoms with Gasteiger partial charge >= 0.3 is 0 Å². The second kappa shape index (κ2) is 11.1. The fraction of sp³-hybridized carbons (Fsp3) is 0.292. The first kappa shape index (κ1) is 24.4. The Hall–Kier alpha value is -4.21. The molecule has 10 nitrogen and oxygen atoms in total. The maximum absolute atomic E-state index is 5.15. The van der Waals surface area contributed by atoms with Crippen molar-refractivity contribution in [1.29, 1.82) is 0 Å². The first-order chi connectivity index (χ1) is 16.6. The molecule has 10 heteroatoms. The molecule has 0 aliphatic carbocycles. The van der Waals surface area contributed by atoms with E-state index in [0.717, 1.165) is 28.0 Å². The molecule has 0 atom stereocenters. The third kappa shape index (κ3) is 4.75. The molecule has 0 fully saturated rings. The van der Waals surface area contributed by atoms with Gasteiger partial charge in [-0.05, 0) is 24.6 Å². The fourth-order valence-corrected chi connectivity index (χ4v) is 3.38. The van der Waals surface area contributed by atoms with E-state index in [1.54, 1.807) is 31.8 Å². The average molecular weight is 462 g/mol. The molecule has 34 heavy (non-hydrogen) atoms. The van der Waals surface area contributed by atoms with Gasteiger partial charge in [0, 0.05) is 43.5 Å². The zero-order valence-corrected chi connectivity index (χ0v) is 20.7. The predicted octanol–water partition coefficient (Wildman–Crippen LogP) is 5.03. The van der Waals surface area contributed by atoms with E-state index in [1.165, 1.54) is 0 Å². The second-order valence-corrected chi connectivity index (χ2v) is 6.79. The molecule has 5 aromatic rings. The van der Waals surface area contributed by atoms with E-state index in [2.05, 4.69) is 25.5 Å². The Morgan fingerprint density at radius 2 is 1.82 bits per heavy atom. The summed E-state index contributed by atoms with van der Waals surface area (Å²) < 4.78 is 8.85. The Bertz CT molecular complexity index is 1320. The van der Waals surface area contributed by atoms with Crippen LogP contribution in [0.1, 0.15) is 33.3 Å². The van der Waals surface area contributed by atoms with Gasteiger partial charge in [-0.1, -0.05) is 27.7 Å². The number of rotatable bonds is 5. The Balaban J connectivity index is 0.000000771. The van der Waals surface area contributed by atoms with Gasteiger partial charge in [0.15, 0.2) is 11.6 Å². The first-order valence-electron chi connectivity index (χ1n) is 11.3. The molecular formula is C24H31N9O. The molecule has 5 heterocycles. The van der Waals surface area contributed by atoms with Crippen molar-refractivity contribution in [2.24, 2.45) is 7.05 Å². The molecule has 0 spiro atoms. The normalized spacial score (nSPS) is 10.2. The minimum atomic E-state index is 0.505. The average Bonchev–Trinajstić information content (AvgIpc) is 3.63. The molecule has 0 saturated carbocycles. The lowest BCUT2D eigenvalue weighted by molar-refractivity contribution is 0.398. The van der Waals surface area contributed by atoms with Gasteiger partial charge in [0.1, 0.15) is 5.52 Å². The molecule has 0 bridgehead atoms. The highest BCUT2D eigenvalue weighted by Gasteiger charge is 2.19. The molecule has 0 aliphatic rings. The van der Waals surface area contributed by atoms with Crippen molar-refractivity contribution in [3.63, 3.8) is 0 Å². The molecule has 5 aromatic heterocycles. The van der Waals surface area contributed by atoms with Crippen LogP contribution < -0.4 is 10.1 Å². The summed E-state index contributed by atoms with van der Waals surface area (Å²) in [6, 6.07) is 5.61. The number of hydrogen-bond acceptors (Lipinski definition) is 7. The van der Waals surface area contributed by atoms with Crippen LogP contribution in [0.15, 0.2) is 49.2 Å². The molecule has 0 aromatic carbocycles. The Labute approximate surface area is 199 Å². The number of nitrogens with one attached hydrogen (secondary N) is 2. The van der Waals surface area contributed by atoms with E-state index in [1.807, 2.05) is 75.3 Å². The van der Waals surface area contributed by atoms with Gasteiger partial charge in [0.25, 0.3) is 0 Å². The number of fused-ring (bicyclic) bond motifs is 1. The minimum absolute atomic E-state index is 0.505. The summed E-state index contributed by atoms with van der Waals surface area (Å²) in [5.74, 6) is 2.37. The minimum Gasteiger partial charge on any atom is -0.481 e. The maximum Gasteiger partial charge on any atom is 0.218 e. The van der Waals surface area contributed by atoms with Crippen molar-refractivity contribution >= 4 is 17.0 Å². The SMILES string of the molecule is CC.CC.COc1ccc(Nc2nc(-c3nccn3C)nn3cc(-c4ccn[nH]4)c(C)c23)cn1. The molecular weight excluding hydrogens is 430 g/mol. The van der Waals surface area contributed by atoms with E-state index in [4.69, 9.17) is 14.8 Å². The number of hydrogen-bond donors (Lipinski definition) is 2. The molecule has 0 amide bonds. The monoisotopic (exact) mass is 461 g/mol. The van der Waals surface area contributed by atoms with Gasteiger partial charge in [0.2, 0.25) is 11.7 Å². The van der Waals surface area contributed by atoms with Crippen molar-refractivity contribution < 1.29 is 4.74 Å². The summed E-state index contributed by atoms with van der Waals surface area (Å²) in [5, 5.41) is 15.2. The number of ether oxygens (including phenoxy) is 1. The summed E-state index contributed by atoms with van der Waals surface area (Å²) in [4.78, 5) is 13.4. The topological polar surface area (TPSA) is 111 Å². The van der Waals surface area contributed by atoms with Crippen LogP contribution >= 0.6 is 0 Å². The van der Waals surface area contributed by atoms with Crippen LogP contribution in [0.25, 0.3) is 28.4 Å². The molecule has 0 saturated heterocycles. The highest BCUT2D eigenvalue weighted by Crippen LogP contribution is 2.32. The Morgan fingerprint density at radius 3 is 2.41 bits per heavy atom. The largest absolute Gasteiger partial charge is 0.481 e. The van der Waals surface area contributed by atoms with Crippen molar-refractivity contribution in [3.05, 3.63) is 54.7 Å².